The molecule has 27 heavy (non-hydrogen) atoms. The summed E-state index contributed by atoms with van der Waals surface area (Å²) in [5.74, 6) is 0.809. The third-order valence-corrected chi connectivity index (χ3v) is 6.06. The SMILES string of the molecule is CCNC(=NCC(c1ccccc1)N1CCCC1)NCCNS(=O)(=O)CC. The van der Waals surface area contributed by atoms with Crippen molar-refractivity contribution in [3.8, 4) is 0 Å². The Kier molecular flexibility index (Phi) is 9.03. The normalized spacial score (nSPS) is 17.0. The van der Waals surface area contributed by atoms with Gasteiger partial charge in [-0.15, -0.1) is 0 Å². The van der Waals surface area contributed by atoms with Gasteiger partial charge in [0, 0.05) is 19.6 Å². The number of rotatable bonds is 10. The molecule has 1 aliphatic rings. The molecule has 1 aromatic carbocycles. The maximum atomic E-state index is 11.5. The second kappa shape index (κ2) is 11.3. The van der Waals surface area contributed by atoms with E-state index < -0.39 is 10.0 Å². The Balaban J connectivity index is 1.97. The lowest BCUT2D eigenvalue weighted by Gasteiger charge is -2.27. The molecule has 0 aliphatic carbocycles. The number of benzene rings is 1. The first-order valence-electron chi connectivity index (χ1n) is 9.84. The summed E-state index contributed by atoms with van der Waals surface area (Å²) in [5.41, 5.74) is 1.29. The minimum Gasteiger partial charge on any atom is -0.357 e. The van der Waals surface area contributed by atoms with Gasteiger partial charge in [-0.2, -0.15) is 0 Å². The number of hydrogen-bond donors (Lipinski definition) is 3. The number of likely N-dealkylation sites (tertiary alicyclic amines) is 1. The van der Waals surface area contributed by atoms with Crippen LogP contribution in [0.3, 0.4) is 0 Å². The van der Waals surface area contributed by atoms with E-state index in [2.05, 4.69) is 44.5 Å². The van der Waals surface area contributed by atoms with Crippen LogP contribution in [-0.4, -0.2) is 64.3 Å². The van der Waals surface area contributed by atoms with Crippen LogP contribution >= 0.6 is 0 Å². The number of nitrogens with zero attached hydrogens (tertiary/aromatic N) is 2. The summed E-state index contributed by atoms with van der Waals surface area (Å²) < 4.78 is 25.6. The topological polar surface area (TPSA) is 85.8 Å². The van der Waals surface area contributed by atoms with Gasteiger partial charge in [0.2, 0.25) is 10.0 Å². The Labute approximate surface area is 163 Å². The molecule has 3 N–H and O–H groups in total. The average molecular weight is 396 g/mol. The zero-order valence-electron chi connectivity index (χ0n) is 16.4. The summed E-state index contributed by atoms with van der Waals surface area (Å²) in [6.45, 7) is 8.12. The molecule has 0 aromatic heterocycles. The van der Waals surface area contributed by atoms with E-state index in [4.69, 9.17) is 4.99 Å². The molecule has 1 heterocycles. The van der Waals surface area contributed by atoms with Crippen molar-refractivity contribution in [2.24, 2.45) is 4.99 Å². The first kappa shape index (κ1) is 21.7. The number of hydrogen-bond acceptors (Lipinski definition) is 4. The highest BCUT2D eigenvalue weighted by atomic mass is 32.2. The fourth-order valence-corrected chi connectivity index (χ4v) is 3.79. The Bertz CT molecular complexity index is 673. The monoisotopic (exact) mass is 395 g/mol. The molecule has 2 rings (SSSR count). The van der Waals surface area contributed by atoms with Crippen LogP contribution < -0.4 is 15.4 Å². The van der Waals surface area contributed by atoms with Crippen LogP contribution in [0.4, 0.5) is 0 Å². The Hall–Kier alpha value is -1.64. The van der Waals surface area contributed by atoms with E-state index in [9.17, 15) is 8.42 Å². The molecular weight excluding hydrogens is 362 g/mol. The molecule has 1 aliphatic heterocycles. The second-order valence-corrected chi connectivity index (χ2v) is 8.71. The van der Waals surface area contributed by atoms with E-state index >= 15 is 0 Å². The van der Waals surface area contributed by atoms with Crippen molar-refractivity contribution in [1.29, 1.82) is 0 Å². The van der Waals surface area contributed by atoms with Crippen LogP contribution in [0, 0.1) is 0 Å². The molecule has 0 amide bonds. The minimum atomic E-state index is -3.16. The summed E-state index contributed by atoms with van der Waals surface area (Å²) in [4.78, 5) is 7.26. The van der Waals surface area contributed by atoms with Gasteiger partial charge in [-0.05, 0) is 45.3 Å². The van der Waals surface area contributed by atoms with Crippen LogP contribution in [0.1, 0.15) is 38.3 Å². The Morgan fingerprint density at radius 1 is 1.11 bits per heavy atom. The standard InChI is InChI=1S/C19H33N5O2S/c1-3-20-19(21-12-13-23-27(25,26)4-2)22-16-18(24-14-8-9-15-24)17-10-6-5-7-11-17/h5-7,10-11,18,23H,3-4,8-9,12-16H2,1-2H3,(H2,20,21,22). The molecule has 1 aromatic rings. The summed E-state index contributed by atoms with van der Waals surface area (Å²) >= 11 is 0. The highest BCUT2D eigenvalue weighted by molar-refractivity contribution is 7.89. The van der Waals surface area contributed by atoms with Crippen molar-refractivity contribution in [1.82, 2.24) is 20.3 Å². The maximum Gasteiger partial charge on any atom is 0.211 e. The molecule has 152 valence electrons. The van der Waals surface area contributed by atoms with E-state index in [0.717, 1.165) is 19.6 Å². The first-order chi connectivity index (χ1) is 13.1. The van der Waals surface area contributed by atoms with E-state index in [0.29, 0.717) is 25.6 Å². The molecule has 8 heteroatoms. The molecular formula is C19H33N5O2S. The van der Waals surface area contributed by atoms with Crippen LogP contribution in [0.15, 0.2) is 35.3 Å². The molecule has 0 spiro atoms. The predicted molar refractivity (Wildman–Crippen MR) is 111 cm³/mol. The quantitative estimate of drug-likeness (QED) is 0.316. The van der Waals surface area contributed by atoms with Crippen LogP contribution in [0.5, 0.6) is 0 Å². The van der Waals surface area contributed by atoms with Crippen molar-refractivity contribution in [2.45, 2.75) is 32.7 Å². The van der Waals surface area contributed by atoms with Gasteiger partial charge < -0.3 is 10.6 Å². The summed E-state index contributed by atoms with van der Waals surface area (Å²) in [6.07, 6.45) is 2.48. The van der Waals surface area contributed by atoms with Crippen LogP contribution in [0.25, 0.3) is 0 Å². The second-order valence-electron chi connectivity index (χ2n) is 6.61. The highest BCUT2D eigenvalue weighted by Gasteiger charge is 2.23. The van der Waals surface area contributed by atoms with Crippen LogP contribution in [-0.2, 0) is 10.0 Å². The third-order valence-electron chi connectivity index (χ3n) is 4.65. The number of nitrogens with one attached hydrogen (secondary N) is 3. The van der Waals surface area contributed by atoms with Gasteiger partial charge in [0.25, 0.3) is 0 Å². The maximum absolute atomic E-state index is 11.5. The smallest absolute Gasteiger partial charge is 0.211 e. The van der Waals surface area contributed by atoms with Crippen molar-refractivity contribution in [3.05, 3.63) is 35.9 Å². The largest absolute Gasteiger partial charge is 0.357 e. The van der Waals surface area contributed by atoms with Gasteiger partial charge in [-0.1, -0.05) is 30.3 Å². The van der Waals surface area contributed by atoms with E-state index in [1.807, 2.05) is 13.0 Å². The zero-order chi connectivity index (χ0) is 19.5. The number of aliphatic imine (C=N–C) groups is 1. The van der Waals surface area contributed by atoms with Gasteiger partial charge in [0.05, 0.1) is 18.3 Å². The van der Waals surface area contributed by atoms with E-state index in [-0.39, 0.29) is 11.8 Å². The molecule has 0 bridgehead atoms. The molecule has 1 atom stereocenters. The lowest BCUT2D eigenvalue weighted by atomic mass is 10.1. The molecule has 1 saturated heterocycles. The zero-order valence-corrected chi connectivity index (χ0v) is 17.3. The number of sulfonamides is 1. The highest BCUT2D eigenvalue weighted by Crippen LogP contribution is 2.25. The van der Waals surface area contributed by atoms with Crippen molar-refractivity contribution < 1.29 is 8.42 Å². The van der Waals surface area contributed by atoms with Crippen LogP contribution in [0.2, 0.25) is 0 Å². The summed E-state index contributed by atoms with van der Waals surface area (Å²) in [6, 6.07) is 10.8. The first-order valence-corrected chi connectivity index (χ1v) is 11.5. The predicted octanol–water partition coefficient (Wildman–Crippen LogP) is 1.32. The minimum absolute atomic E-state index is 0.0930. The third kappa shape index (κ3) is 7.48. The van der Waals surface area contributed by atoms with Crippen molar-refractivity contribution in [2.75, 3.05) is 45.0 Å². The van der Waals surface area contributed by atoms with Crippen molar-refractivity contribution >= 4 is 16.0 Å². The van der Waals surface area contributed by atoms with Gasteiger partial charge in [-0.25, -0.2) is 13.1 Å². The van der Waals surface area contributed by atoms with Gasteiger partial charge in [-0.3, -0.25) is 9.89 Å². The molecule has 0 saturated carbocycles. The molecule has 7 nitrogen and oxygen atoms in total. The van der Waals surface area contributed by atoms with E-state index in [1.54, 1.807) is 6.92 Å². The Morgan fingerprint density at radius 3 is 2.44 bits per heavy atom. The molecule has 0 radical (unpaired) electrons. The fraction of sp³-hybridized carbons (Fsp3) is 0.632. The fourth-order valence-electron chi connectivity index (χ4n) is 3.17. The van der Waals surface area contributed by atoms with E-state index in [1.165, 1.54) is 18.4 Å². The van der Waals surface area contributed by atoms with Gasteiger partial charge in [0.15, 0.2) is 5.96 Å². The average Bonchev–Trinajstić information content (AvgIpc) is 3.20. The van der Waals surface area contributed by atoms with Crippen molar-refractivity contribution in [3.63, 3.8) is 0 Å². The lowest BCUT2D eigenvalue weighted by Crippen LogP contribution is -2.42. The van der Waals surface area contributed by atoms with Gasteiger partial charge >= 0.3 is 0 Å². The molecule has 1 fully saturated rings. The van der Waals surface area contributed by atoms with Gasteiger partial charge in [0.1, 0.15) is 0 Å². The lowest BCUT2D eigenvalue weighted by molar-refractivity contribution is 0.251. The summed E-state index contributed by atoms with van der Waals surface area (Å²) in [5, 5.41) is 6.44. The number of guanidine groups is 1. The molecule has 1 unspecified atom stereocenters. The Morgan fingerprint density at radius 2 is 1.81 bits per heavy atom. The summed E-state index contributed by atoms with van der Waals surface area (Å²) in [7, 11) is -3.16.